The number of para-hydroxylation sites is 1. The molecule has 29 heavy (non-hydrogen) atoms. The van der Waals surface area contributed by atoms with Gasteiger partial charge in [0, 0.05) is 6.54 Å². The van der Waals surface area contributed by atoms with Crippen LogP contribution < -0.4 is 4.90 Å². The second-order valence-electron chi connectivity index (χ2n) is 7.23. The second kappa shape index (κ2) is 6.80. The molecule has 2 aliphatic rings. The van der Waals surface area contributed by atoms with Gasteiger partial charge in [-0.2, -0.15) is 0 Å². The Labute approximate surface area is 166 Å². The zero-order valence-corrected chi connectivity index (χ0v) is 15.5. The van der Waals surface area contributed by atoms with Gasteiger partial charge in [0.2, 0.25) is 5.91 Å². The summed E-state index contributed by atoms with van der Waals surface area (Å²) in [6.45, 7) is 0.798. The van der Waals surface area contributed by atoms with Gasteiger partial charge in [0.05, 0.1) is 29.7 Å². The van der Waals surface area contributed by atoms with Gasteiger partial charge in [0.1, 0.15) is 17.6 Å². The average molecular weight is 391 g/mol. The maximum Gasteiger partial charge on any atom is 0.256 e. The van der Waals surface area contributed by atoms with Crippen molar-refractivity contribution in [2.45, 2.75) is 25.4 Å². The fourth-order valence-electron chi connectivity index (χ4n) is 4.03. The van der Waals surface area contributed by atoms with E-state index in [1.807, 2.05) is 6.07 Å². The van der Waals surface area contributed by atoms with Crippen LogP contribution in [0.5, 0.6) is 0 Å². The van der Waals surface area contributed by atoms with Crippen LogP contribution in [0.25, 0.3) is 5.69 Å². The van der Waals surface area contributed by atoms with Crippen molar-refractivity contribution in [2.75, 3.05) is 11.4 Å². The summed E-state index contributed by atoms with van der Waals surface area (Å²) in [5.41, 5.74) is 2.37. The van der Waals surface area contributed by atoms with Crippen LogP contribution >= 0.6 is 0 Å². The highest BCUT2D eigenvalue weighted by Crippen LogP contribution is 2.33. The van der Waals surface area contributed by atoms with E-state index in [0.29, 0.717) is 35.6 Å². The molecule has 1 saturated heterocycles. The number of fused-ring (bicyclic) bond motifs is 2. The van der Waals surface area contributed by atoms with Crippen molar-refractivity contribution < 1.29 is 14.0 Å². The van der Waals surface area contributed by atoms with Gasteiger partial charge in [0.15, 0.2) is 0 Å². The van der Waals surface area contributed by atoms with E-state index in [1.165, 1.54) is 16.8 Å². The number of hydrogen-bond donors (Lipinski definition) is 0. The van der Waals surface area contributed by atoms with Crippen molar-refractivity contribution in [2.24, 2.45) is 0 Å². The van der Waals surface area contributed by atoms with Crippen molar-refractivity contribution in [3.63, 3.8) is 0 Å². The molecular weight excluding hydrogens is 373 g/mol. The van der Waals surface area contributed by atoms with Gasteiger partial charge in [-0.3, -0.25) is 9.59 Å². The molecule has 2 amide bonds. The van der Waals surface area contributed by atoms with Crippen LogP contribution in [0.4, 0.5) is 10.1 Å². The minimum atomic E-state index is -0.443. The van der Waals surface area contributed by atoms with Crippen molar-refractivity contribution in [3.8, 4) is 5.69 Å². The number of carbonyl (C=O) groups excluding carboxylic acids is 2. The third kappa shape index (κ3) is 2.97. The molecule has 8 heteroatoms. The molecular formula is C21H18FN5O2. The van der Waals surface area contributed by atoms with Crippen molar-refractivity contribution in [3.05, 3.63) is 71.8 Å². The normalized spacial score (nSPS) is 18.6. The van der Waals surface area contributed by atoms with Crippen LogP contribution in [0.15, 0.2) is 54.7 Å². The predicted octanol–water partition coefficient (Wildman–Crippen LogP) is 2.56. The summed E-state index contributed by atoms with van der Waals surface area (Å²) in [4.78, 5) is 29.6. The van der Waals surface area contributed by atoms with Gasteiger partial charge in [-0.25, -0.2) is 9.07 Å². The largest absolute Gasteiger partial charge is 0.327 e. The average Bonchev–Trinajstić information content (AvgIpc) is 3.40. The van der Waals surface area contributed by atoms with E-state index < -0.39 is 6.04 Å². The van der Waals surface area contributed by atoms with E-state index in [4.69, 9.17) is 0 Å². The van der Waals surface area contributed by atoms with E-state index in [9.17, 15) is 14.0 Å². The van der Waals surface area contributed by atoms with Crippen LogP contribution in [-0.4, -0.2) is 44.3 Å². The highest BCUT2D eigenvalue weighted by Gasteiger charge is 2.42. The number of amides is 2. The summed E-state index contributed by atoms with van der Waals surface area (Å²) in [7, 11) is 0. The molecule has 0 spiro atoms. The summed E-state index contributed by atoms with van der Waals surface area (Å²) >= 11 is 0. The minimum absolute atomic E-state index is 0.0999. The highest BCUT2D eigenvalue weighted by atomic mass is 19.1. The Balaban J connectivity index is 1.50. The fraction of sp³-hybridized carbons (Fsp3) is 0.238. The van der Waals surface area contributed by atoms with Crippen LogP contribution in [0.1, 0.15) is 28.9 Å². The van der Waals surface area contributed by atoms with Crippen molar-refractivity contribution in [1.82, 2.24) is 19.9 Å². The Kier molecular flexibility index (Phi) is 4.12. The third-order valence-electron chi connectivity index (χ3n) is 5.44. The molecule has 2 aliphatic heterocycles. The third-order valence-corrected chi connectivity index (χ3v) is 5.44. The molecule has 3 aromatic rings. The highest BCUT2D eigenvalue weighted by molar-refractivity contribution is 6.11. The molecule has 7 nitrogen and oxygen atoms in total. The molecule has 0 bridgehead atoms. The lowest BCUT2D eigenvalue weighted by atomic mass is 10.1. The molecule has 1 unspecified atom stereocenters. The van der Waals surface area contributed by atoms with E-state index in [-0.39, 0.29) is 24.2 Å². The first-order valence-electron chi connectivity index (χ1n) is 9.50. The number of halogens is 1. The Morgan fingerprint density at radius 1 is 1.07 bits per heavy atom. The van der Waals surface area contributed by atoms with E-state index >= 15 is 0 Å². The van der Waals surface area contributed by atoms with Crippen molar-refractivity contribution in [1.29, 1.82) is 0 Å². The maximum atomic E-state index is 13.3. The Hall–Kier alpha value is -3.55. The summed E-state index contributed by atoms with van der Waals surface area (Å²) in [5, 5.41) is 8.27. The number of anilines is 1. The lowest BCUT2D eigenvalue weighted by molar-refractivity contribution is -0.122. The number of rotatable bonds is 3. The fourth-order valence-corrected chi connectivity index (χ4v) is 4.03. The van der Waals surface area contributed by atoms with Gasteiger partial charge in [-0.05, 0) is 49.2 Å². The molecule has 2 aromatic carbocycles. The molecule has 0 saturated carbocycles. The zero-order chi connectivity index (χ0) is 20.0. The van der Waals surface area contributed by atoms with Gasteiger partial charge in [0.25, 0.3) is 5.91 Å². The molecule has 0 aliphatic carbocycles. The number of carbonyl (C=O) groups is 2. The summed E-state index contributed by atoms with van der Waals surface area (Å²) in [6.07, 6.45) is 3.19. The number of benzene rings is 2. The zero-order valence-electron chi connectivity index (χ0n) is 15.5. The lowest BCUT2D eigenvalue weighted by Gasteiger charge is -2.25. The van der Waals surface area contributed by atoms with E-state index in [1.54, 1.807) is 46.3 Å². The number of nitrogens with zero attached hydrogens (tertiary/aromatic N) is 5. The quantitative estimate of drug-likeness (QED) is 0.688. The maximum absolute atomic E-state index is 13.3. The second-order valence-corrected chi connectivity index (χ2v) is 7.23. The monoisotopic (exact) mass is 391 g/mol. The molecule has 1 atom stereocenters. The van der Waals surface area contributed by atoms with Gasteiger partial charge >= 0.3 is 0 Å². The number of aromatic nitrogens is 3. The molecule has 5 rings (SSSR count). The van der Waals surface area contributed by atoms with E-state index in [0.717, 1.165) is 6.42 Å². The standard InChI is InChI=1S/C21H18FN5O2/c22-14-7-9-16(10-8-14)27-13-15(23-24-27)12-26-18-5-2-1-4-17(18)20(28)25-11-3-6-19(25)21(26)29/h1-2,4-5,7-10,13,19H,3,6,11-12H2. The van der Waals surface area contributed by atoms with Crippen LogP contribution in [-0.2, 0) is 11.3 Å². The van der Waals surface area contributed by atoms with E-state index in [2.05, 4.69) is 10.3 Å². The first kappa shape index (κ1) is 17.5. The molecule has 1 fully saturated rings. The summed E-state index contributed by atoms with van der Waals surface area (Å²) < 4.78 is 14.7. The Morgan fingerprint density at radius 3 is 2.69 bits per heavy atom. The first-order chi connectivity index (χ1) is 14.1. The van der Waals surface area contributed by atoms with Crippen molar-refractivity contribution >= 4 is 17.5 Å². The SMILES string of the molecule is O=C1C2CCCN2C(=O)c2ccccc2N1Cc1cn(-c2ccc(F)cc2)nn1. The molecule has 0 N–H and O–H groups in total. The first-order valence-corrected chi connectivity index (χ1v) is 9.50. The molecule has 3 heterocycles. The van der Waals surface area contributed by atoms with Gasteiger partial charge in [-0.1, -0.05) is 17.3 Å². The summed E-state index contributed by atoms with van der Waals surface area (Å²) in [6, 6.07) is 12.6. The Morgan fingerprint density at radius 2 is 1.86 bits per heavy atom. The van der Waals surface area contributed by atoms with Gasteiger partial charge in [-0.15, -0.1) is 5.10 Å². The predicted molar refractivity (Wildman–Crippen MR) is 103 cm³/mol. The summed E-state index contributed by atoms with van der Waals surface area (Å²) in [5.74, 6) is -0.530. The van der Waals surface area contributed by atoms with Crippen LogP contribution in [0, 0.1) is 5.82 Å². The topological polar surface area (TPSA) is 71.3 Å². The minimum Gasteiger partial charge on any atom is -0.327 e. The molecule has 0 radical (unpaired) electrons. The van der Waals surface area contributed by atoms with Crippen LogP contribution in [0.3, 0.4) is 0 Å². The molecule has 146 valence electrons. The molecule has 1 aromatic heterocycles. The van der Waals surface area contributed by atoms with Crippen LogP contribution in [0.2, 0.25) is 0 Å². The smallest absolute Gasteiger partial charge is 0.256 e. The number of hydrogen-bond acceptors (Lipinski definition) is 4. The van der Waals surface area contributed by atoms with Gasteiger partial charge < -0.3 is 9.80 Å². The lowest BCUT2D eigenvalue weighted by Crippen LogP contribution is -2.44. The Bertz CT molecular complexity index is 1090.